The van der Waals surface area contributed by atoms with Crippen molar-refractivity contribution in [1.29, 1.82) is 0 Å². The highest BCUT2D eigenvalue weighted by Crippen LogP contribution is 2.36. The Morgan fingerprint density at radius 3 is 2.65 bits per heavy atom. The lowest BCUT2D eigenvalue weighted by molar-refractivity contribution is -0.384. The van der Waals surface area contributed by atoms with E-state index in [0.717, 1.165) is 19.3 Å². The van der Waals surface area contributed by atoms with Crippen LogP contribution in [0.5, 0.6) is 0 Å². The molecule has 1 aromatic rings. The summed E-state index contributed by atoms with van der Waals surface area (Å²) in [6.45, 7) is 6.44. The topological polar surface area (TPSA) is 69.4 Å². The van der Waals surface area contributed by atoms with Gasteiger partial charge in [-0.25, -0.2) is 4.79 Å². The molecule has 0 amide bonds. The van der Waals surface area contributed by atoms with Gasteiger partial charge < -0.3 is 4.74 Å². The molecule has 0 N–H and O–H groups in total. The van der Waals surface area contributed by atoms with E-state index in [0.29, 0.717) is 17.8 Å². The maximum absolute atomic E-state index is 12.4. The largest absolute Gasteiger partial charge is 0.458 e. The highest BCUT2D eigenvalue weighted by Gasteiger charge is 2.34. The van der Waals surface area contributed by atoms with Crippen LogP contribution in [0.3, 0.4) is 0 Å². The van der Waals surface area contributed by atoms with Crippen molar-refractivity contribution < 1.29 is 14.5 Å². The van der Waals surface area contributed by atoms with Crippen molar-refractivity contribution in [2.24, 2.45) is 17.8 Å². The van der Waals surface area contributed by atoms with Crippen LogP contribution in [0.1, 0.15) is 50.4 Å². The number of esters is 1. The first-order valence-corrected chi connectivity index (χ1v) is 8.32. The minimum Gasteiger partial charge on any atom is -0.458 e. The number of nitro groups is 1. The molecule has 1 aromatic carbocycles. The van der Waals surface area contributed by atoms with Crippen molar-refractivity contribution in [3.63, 3.8) is 0 Å². The van der Waals surface area contributed by atoms with Gasteiger partial charge in [0.05, 0.1) is 15.5 Å². The lowest BCUT2D eigenvalue weighted by Crippen LogP contribution is -2.35. The summed E-state index contributed by atoms with van der Waals surface area (Å²) in [6, 6.07) is 3.81. The van der Waals surface area contributed by atoms with Crippen LogP contribution in [-0.2, 0) is 4.74 Å². The number of carbonyl (C=O) groups excluding carboxylic acids is 1. The zero-order valence-electron chi connectivity index (χ0n) is 13.6. The standard InChI is InChI=1S/C17H22ClNO4/c1-10(2)13-6-4-11(3)8-16(13)23-17(20)14-7-5-12(19(21)22)9-15(14)18/h5,7,9-11,13,16H,4,6,8H2,1-3H3/t11-,13+,16-/m1/s1. The number of nitro benzene ring substituents is 1. The zero-order valence-corrected chi connectivity index (χ0v) is 14.4. The third kappa shape index (κ3) is 4.22. The van der Waals surface area contributed by atoms with Gasteiger partial charge in [-0.15, -0.1) is 0 Å². The van der Waals surface area contributed by atoms with Crippen LogP contribution in [-0.4, -0.2) is 17.0 Å². The second-order valence-electron chi connectivity index (χ2n) is 6.69. The number of hydrogen-bond donors (Lipinski definition) is 0. The van der Waals surface area contributed by atoms with Crippen LogP contribution in [0.25, 0.3) is 0 Å². The monoisotopic (exact) mass is 339 g/mol. The summed E-state index contributed by atoms with van der Waals surface area (Å²) < 4.78 is 5.71. The van der Waals surface area contributed by atoms with Gasteiger partial charge in [0.15, 0.2) is 0 Å². The lowest BCUT2D eigenvalue weighted by atomic mass is 9.75. The van der Waals surface area contributed by atoms with E-state index in [4.69, 9.17) is 16.3 Å². The molecule has 3 atom stereocenters. The van der Waals surface area contributed by atoms with Crippen LogP contribution in [0.4, 0.5) is 5.69 Å². The number of non-ortho nitro benzene ring substituents is 1. The smallest absolute Gasteiger partial charge is 0.339 e. The summed E-state index contributed by atoms with van der Waals surface area (Å²) >= 11 is 6.01. The molecule has 0 heterocycles. The van der Waals surface area contributed by atoms with Gasteiger partial charge in [-0.2, -0.15) is 0 Å². The van der Waals surface area contributed by atoms with E-state index < -0.39 is 10.9 Å². The molecule has 1 aliphatic carbocycles. The molecule has 0 unspecified atom stereocenters. The summed E-state index contributed by atoms with van der Waals surface area (Å²) in [7, 11) is 0. The maximum atomic E-state index is 12.4. The van der Waals surface area contributed by atoms with E-state index >= 15 is 0 Å². The Balaban J connectivity index is 2.15. The average molecular weight is 340 g/mol. The number of halogens is 1. The van der Waals surface area contributed by atoms with Gasteiger partial charge in [0.1, 0.15) is 6.10 Å². The molecule has 2 rings (SSSR count). The van der Waals surface area contributed by atoms with Crippen molar-refractivity contribution in [3.8, 4) is 0 Å². The molecular weight excluding hydrogens is 318 g/mol. The van der Waals surface area contributed by atoms with Crippen molar-refractivity contribution in [2.75, 3.05) is 0 Å². The van der Waals surface area contributed by atoms with Gasteiger partial charge in [0.2, 0.25) is 0 Å². The SMILES string of the molecule is CC(C)[C@@H]1CC[C@@H](C)C[C@H]1OC(=O)c1ccc([N+](=O)[O-])cc1Cl. The predicted octanol–water partition coefficient (Wildman–Crippen LogP) is 4.87. The first-order chi connectivity index (χ1) is 10.8. The Morgan fingerprint density at radius 1 is 1.39 bits per heavy atom. The van der Waals surface area contributed by atoms with E-state index in [1.165, 1.54) is 18.2 Å². The predicted molar refractivity (Wildman–Crippen MR) is 88.7 cm³/mol. The molecular formula is C17H22ClNO4. The van der Waals surface area contributed by atoms with E-state index in [1.54, 1.807) is 0 Å². The van der Waals surface area contributed by atoms with E-state index in [1.807, 2.05) is 0 Å². The van der Waals surface area contributed by atoms with Crippen molar-refractivity contribution in [3.05, 3.63) is 38.9 Å². The summed E-state index contributed by atoms with van der Waals surface area (Å²) in [5, 5.41) is 10.8. The van der Waals surface area contributed by atoms with E-state index in [-0.39, 0.29) is 22.4 Å². The van der Waals surface area contributed by atoms with Gasteiger partial charge in [-0.05, 0) is 36.7 Å². The summed E-state index contributed by atoms with van der Waals surface area (Å²) in [4.78, 5) is 22.6. The average Bonchev–Trinajstić information content (AvgIpc) is 2.46. The van der Waals surface area contributed by atoms with Gasteiger partial charge in [-0.3, -0.25) is 10.1 Å². The van der Waals surface area contributed by atoms with Gasteiger partial charge in [-0.1, -0.05) is 38.8 Å². The Labute approximate surface area is 141 Å². The molecule has 0 aliphatic heterocycles. The third-order valence-electron chi connectivity index (χ3n) is 4.60. The molecule has 0 radical (unpaired) electrons. The quantitative estimate of drug-likeness (QED) is 0.446. The lowest BCUT2D eigenvalue weighted by Gasteiger charge is -2.36. The van der Waals surface area contributed by atoms with Crippen molar-refractivity contribution in [2.45, 2.75) is 46.1 Å². The van der Waals surface area contributed by atoms with Gasteiger partial charge in [0, 0.05) is 12.1 Å². The highest BCUT2D eigenvalue weighted by atomic mass is 35.5. The highest BCUT2D eigenvalue weighted by molar-refractivity contribution is 6.33. The number of carbonyl (C=O) groups is 1. The Kier molecular flexibility index (Phi) is 5.63. The van der Waals surface area contributed by atoms with Crippen LogP contribution >= 0.6 is 11.6 Å². The fourth-order valence-electron chi connectivity index (χ4n) is 3.23. The Bertz CT molecular complexity index is 602. The second-order valence-corrected chi connectivity index (χ2v) is 7.10. The van der Waals surface area contributed by atoms with Crippen LogP contribution in [0, 0.1) is 27.9 Å². The van der Waals surface area contributed by atoms with E-state index in [9.17, 15) is 14.9 Å². The maximum Gasteiger partial charge on any atom is 0.339 e. The first kappa shape index (κ1) is 17.7. The first-order valence-electron chi connectivity index (χ1n) is 7.94. The fourth-order valence-corrected chi connectivity index (χ4v) is 3.49. The number of nitrogens with zero attached hydrogens (tertiary/aromatic N) is 1. The van der Waals surface area contributed by atoms with E-state index in [2.05, 4.69) is 20.8 Å². The minimum absolute atomic E-state index is 0.0501. The van der Waals surface area contributed by atoms with Crippen molar-refractivity contribution >= 4 is 23.3 Å². The normalized spacial score (nSPS) is 24.5. The molecule has 0 spiro atoms. The molecule has 1 aliphatic rings. The van der Waals surface area contributed by atoms with Crippen LogP contribution < -0.4 is 0 Å². The minimum atomic E-state index is -0.543. The number of benzene rings is 1. The third-order valence-corrected chi connectivity index (χ3v) is 4.92. The molecule has 1 saturated carbocycles. The second kappa shape index (κ2) is 7.30. The number of hydrogen-bond acceptors (Lipinski definition) is 4. The zero-order chi connectivity index (χ0) is 17.1. The van der Waals surface area contributed by atoms with Crippen LogP contribution in [0.15, 0.2) is 18.2 Å². The fraction of sp³-hybridized carbons (Fsp3) is 0.588. The number of rotatable bonds is 4. The molecule has 6 heteroatoms. The van der Waals surface area contributed by atoms with Gasteiger partial charge in [0.25, 0.3) is 5.69 Å². The summed E-state index contributed by atoms with van der Waals surface area (Å²) in [5.74, 6) is 0.796. The number of ether oxygens (including phenoxy) is 1. The van der Waals surface area contributed by atoms with Crippen molar-refractivity contribution in [1.82, 2.24) is 0 Å². The molecule has 23 heavy (non-hydrogen) atoms. The molecule has 0 aromatic heterocycles. The Morgan fingerprint density at radius 2 is 2.09 bits per heavy atom. The molecule has 126 valence electrons. The van der Waals surface area contributed by atoms with Gasteiger partial charge >= 0.3 is 5.97 Å². The molecule has 0 saturated heterocycles. The Hall–Kier alpha value is -1.62. The summed E-state index contributed by atoms with van der Waals surface area (Å²) in [6.07, 6.45) is 2.91. The van der Waals surface area contributed by atoms with Crippen LogP contribution in [0.2, 0.25) is 5.02 Å². The summed E-state index contributed by atoms with van der Waals surface area (Å²) in [5.41, 5.74) is 0.0379. The molecule has 1 fully saturated rings. The molecule has 5 nitrogen and oxygen atoms in total. The molecule has 0 bridgehead atoms.